The second-order valence-electron chi connectivity index (χ2n) is 11.8. The number of rotatable bonds is 8. The molecule has 0 bridgehead atoms. The van der Waals surface area contributed by atoms with E-state index in [1.165, 1.54) is 25.3 Å². The molecule has 5 N–H and O–H groups in total. The van der Waals surface area contributed by atoms with Gasteiger partial charge in [-0.25, -0.2) is 0 Å². The minimum absolute atomic E-state index is 0.0101. The van der Waals surface area contributed by atoms with E-state index >= 15 is 0 Å². The standard InChI is InChI=1S/C34H34O12/c1-16-29(37)21(44-15-17-7-4-3-5-8-17)11-24(45-16)46-22-13-34(42,23(36)14-35)12-19-26(22)33(41)28-27(31(19)39)30(38)18-9-6-10-20(43-2)25(18)32(28)40/h3-10,16,21-22,24,29,35,37,39,41-42H,11-15H2,1-2H3/t16-,21-,22-,24-,29+,34-/m0/s1. The topological polar surface area (TPSA) is 189 Å². The first-order chi connectivity index (χ1) is 22.0. The van der Waals surface area contributed by atoms with Gasteiger partial charge in [0, 0.05) is 36.0 Å². The number of aliphatic hydroxyl groups is 3. The molecule has 0 aromatic heterocycles. The van der Waals surface area contributed by atoms with E-state index in [-0.39, 0.29) is 41.0 Å². The zero-order chi connectivity index (χ0) is 32.9. The molecule has 46 heavy (non-hydrogen) atoms. The summed E-state index contributed by atoms with van der Waals surface area (Å²) in [6.07, 6.45) is -6.06. The minimum Gasteiger partial charge on any atom is -0.507 e. The average Bonchev–Trinajstić information content (AvgIpc) is 3.05. The number of Topliss-reactive ketones (excluding diaryl/α,β-unsaturated/α-hetero) is 1. The average molecular weight is 635 g/mol. The molecule has 1 saturated heterocycles. The number of aromatic hydroxyl groups is 2. The third-order valence-corrected chi connectivity index (χ3v) is 9.01. The Balaban J connectivity index is 1.40. The van der Waals surface area contributed by atoms with E-state index in [0.717, 1.165) is 5.56 Å². The SMILES string of the molecule is COc1cccc2c1C(=O)c1c(O)c3c(c(O)c1C2=O)C[C@@](O)(C(=O)CO)C[C@@H]3O[C@H]1C[C@H](OCc2ccccc2)[C@H](O)[C@H](C)O1. The fourth-order valence-corrected chi connectivity index (χ4v) is 6.62. The Kier molecular flexibility index (Phi) is 8.44. The lowest BCUT2D eigenvalue weighted by atomic mass is 9.72. The molecule has 3 aromatic carbocycles. The van der Waals surface area contributed by atoms with E-state index in [0.29, 0.717) is 0 Å². The molecule has 1 heterocycles. The van der Waals surface area contributed by atoms with Gasteiger partial charge in [-0.2, -0.15) is 0 Å². The van der Waals surface area contributed by atoms with Gasteiger partial charge in [0.25, 0.3) is 0 Å². The molecule has 0 saturated carbocycles. The smallest absolute Gasteiger partial charge is 0.202 e. The van der Waals surface area contributed by atoms with Crippen molar-refractivity contribution >= 4 is 17.3 Å². The van der Waals surface area contributed by atoms with Crippen LogP contribution in [0.2, 0.25) is 0 Å². The highest BCUT2D eigenvalue weighted by Gasteiger charge is 2.50. The quantitative estimate of drug-likeness (QED) is 0.178. The Morgan fingerprint density at radius 1 is 1.00 bits per heavy atom. The van der Waals surface area contributed by atoms with Gasteiger partial charge in [-0.15, -0.1) is 0 Å². The van der Waals surface area contributed by atoms with Crippen LogP contribution in [0.4, 0.5) is 0 Å². The highest BCUT2D eigenvalue weighted by molar-refractivity contribution is 6.31. The number of phenols is 2. The van der Waals surface area contributed by atoms with Crippen molar-refractivity contribution in [3.63, 3.8) is 0 Å². The summed E-state index contributed by atoms with van der Waals surface area (Å²) in [5.41, 5.74) is -2.79. The van der Waals surface area contributed by atoms with Crippen molar-refractivity contribution in [2.24, 2.45) is 0 Å². The van der Waals surface area contributed by atoms with E-state index in [1.807, 2.05) is 30.3 Å². The molecule has 0 unspecified atom stereocenters. The number of benzene rings is 3. The van der Waals surface area contributed by atoms with E-state index in [4.69, 9.17) is 18.9 Å². The molecule has 0 amide bonds. The zero-order valence-electron chi connectivity index (χ0n) is 25.1. The van der Waals surface area contributed by atoms with Crippen LogP contribution < -0.4 is 4.74 Å². The lowest BCUT2D eigenvalue weighted by Crippen LogP contribution is -2.51. The van der Waals surface area contributed by atoms with E-state index in [2.05, 4.69) is 0 Å². The third-order valence-electron chi connectivity index (χ3n) is 9.01. The van der Waals surface area contributed by atoms with Gasteiger partial charge in [0.2, 0.25) is 5.78 Å². The Morgan fingerprint density at radius 3 is 2.41 bits per heavy atom. The predicted octanol–water partition coefficient (Wildman–Crippen LogP) is 2.26. The van der Waals surface area contributed by atoms with Crippen molar-refractivity contribution in [2.75, 3.05) is 13.7 Å². The number of aliphatic hydroxyl groups excluding tert-OH is 2. The third kappa shape index (κ3) is 5.26. The number of ether oxygens (including phenoxy) is 4. The number of methoxy groups -OCH3 is 1. The van der Waals surface area contributed by atoms with E-state index < -0.39 is 95.7 Å². The lowest BCUT2D eigenvalue weighted by Gasteiger charge is -2.42. The van der Waals surface area contributed by atoms with Gasteiger partial charge < -0.3 is 44.5 Å². The number of hydrogen-bond acceptors (Lipinski definition) is 12. The molecule has 242 valence electrons. The van der Waals surface area contributed by atoms with Crippen LogP contribution in [0.5, 0.6) is 17.2 Å². The van der Waals surface area contributed by atoms with Crippen molar-refractivity contribution in [3.05, 3.63) is 87.5 Å². The van der Waals surface area contributed by atoms with Crippen LogP contribution in [0.15, 0.2) is 48.5 Å². The molecule has 12 heteroatoms. The van der Waals surface area contributed by atoms with Crippen LogP contribution in [0.1, 0.15) is 74.4 Å². The monoisotopic (exact) mass is 634 g/mol. The van der Waals surface area contributed by atoms with Crippen molar-refractivity contribution in [1.82, 2.24) is 0 Å². The van der Waals surface area contributed by atoms with Crippen LogP contribution in [0.25, 0.3) is 0 Å². The number of ketones is 3. The summed E-state index contributed by atoms with van der Waals surface area (Å²) in [5.74, 6) is -3.79. The number of hydrogen-bond donors (Lipinski definition) is 5. The Labute approximate surface area is 263 Å². The van der Waals surface area contributed by atoms with Crippen molar-refractivity contribution in [2.45, 2.75) is 69.1 Å². The molecule has 6 rings (SSSR count). The maximum atomic E-state index is 13.8. The van der Waals surface area contributed by atoms with Gasteiger partial charge in [0.15, 0.2) is 17.9 Å². The summed E-state index contributed by atoms with van der Waals surface area (Å²) in [4.78, 5) is 40.3. The van der Waals surface area contributed by atoms with Crippen molar-refractivity contribution in [3.8, 4) is 17.2 Å². The molecular formula is C34H34O12. The minimum atomic E-state index is -2.27. The molecule has 12 nitrogen and oxygen atoms in total. The molecule has 3 aliphatic rings. The summed E-state index contributed by atoms with van der Waals surface area (Å²) in [6.45, 7) is 0.786. The lowest BCUT2D eigenvalue weighted by molar-refractivity contribution is -0.273. The van der Waals surface area contributed by atoms with Gasteiger partial charge in [0.05, 0.1) is 48.7 Å². The first kappa shape index (κ1) is 31.8. The molecular weight excluding hydrogens is 600 g/mol. The first-order valence-electron chi connectivity index (χ1n) is 14.9. The fraction of sp³-hybridized carbons (Fsp3) is 0.382. The molecule has 2 aliphatic carbocycles. The first-order valence-corrected chi connectivity index (χ1v) is 14.9. The zero-order valence-corrected chi connectivity index (χ0v) is 25.1. The Hall–Kier alpha value is -4.17. The molecule has 0 radical (unpaired) electrons. The Morgan fingerprint density at radius 2 is 1.72 bits per heavy atom. The largest absolute Gasteiger partial charge is 0.507 e. The van der Waals surface area contributed by atoms with Crippen molar-refractivity contribution < 1.29 is 58.9 Å². The summed E-state index contributed by atoms with van der Waals surface area (Å²) in [7, 11) is 1.33. The van der Waals surface area contributed by atoms with Crippen LogP contribution in [0, 0.1) is 0 Å². The summed E-state index contributed by atoms with van der Waals surface area (Å²) in [6, 6.07) is 13.7. The molecule has 1 fully saturated rings. The van der Waals surface area contributed by atoms with Gasteiger partial charge in [-0.05, 0) is 18.6 Å². The van der Waals surface area contributed by atoms with Gasteiger partial charge in [-0.3, -0.25) is 14.4 Å². The maximum absolute atomic E-state index is 13.8. The number of carbonyl (C=O) groups is 3. The van der Waals surface area contributed by atoms with Gasteiger partial charge in [0.1, 0.15) is 35.6 Å². The van der Waals surface area contributed by atoms with Gasteiger partial charge in [-0.1, -0.05) is 42.5 Å². The predicted molar refractivity (Wildman–Crippen MR) is 159 cm³/mol. The summed E-state index contributed by atoms with van der Waals surface area (Å²) >= 11 is 0. The van der Waals surface area contributed by atoms with E-state index in [9.17, 15) is 39.9 Å². The number of phenolic OH excluding ortho intramolecular Hbond substituents is 2. The van der Waals surface area contributed by atoms with Crippen LogP contribution in [-0.4, -0.2) is 86.8 Å². The van der Waals surface area contributed by atoms with Crippen LogP contribution in [0.3, 0.4) is 0 Å². The van der Waals surface area contributed by atoms with E-state index in [1.54, 1.807) is 6.92 Å². The highest BCUT2D eigenvalue weighted by atomic mass is 16.7. The molecule has 3 aromatic rings. The second kappa shape index (κ2) is 12.2. The normalized spacial score (nSPS) is 27.0. The molecule has 6 atom stereocenters. The summed E-state index contributed by atoms with van der Waals surface area (Å²) < 4.78 is 23.5. The molecule has 0 spiro atoms. The fourth-order valence-electron chi connectivity index (χ4n) is 6.62. The highest BCUT2D eigenvalue weighted by Crippen LogP contribution is 2.52. The molecule has 1 aliphatic heterocycles. The maximum Gasteiger partial charge on any atom is 0.202 e. The van der Waals surface area contributed by atoms with Gasteiger partial charge >= 0.3 is 0 Å². The number of carbonyl (C=O) groups excluding carboxylic acids is 3. The van der Waals surface area contributed by atoms with Crippen molar-refractivity contribution in [1.29, 1.82) is 0 Å². The Bertz CT molecular complexity index is 1700. The second-order valence-corrected chi connectivity index (χ2v) is 11.8. The summed E-state index contributed by atoms with van der Waals surface area (Å²) in [5, 5.41) is 55.1. The van der Waals surface area contributed by atoms with Crippen LogP contribution >= 0.6 is 0 Å². The number of fused-ring (bicyclic) bond motifs is 3. The van der Waals surface area contributed by atoms with Crippen LogP contribution in [-0.2, 0) is 32.0 Å².